The SMILES string of the molecule is CCOC(=O)NC(=O)NC(CCCCN)C(=O)c1noc(Cc2ccc(OCCc3ccc(Cl)c(Cl)c3)cc2)n1. The average molecular weight is 592 g/mol. The minimum absolute atomic E-state index is 0.0966. The molecular weight excluding hydrogens is 561 g/mol. The number of amides is 3. The molecule has 1 unspecified atom stereocenters. The summed E-state index contributed by atoms with van der Waals surface area (Å²) in [6.45, 7) is 2.60. The van der Waals surface area contributed by atoms with E-state index in [1.165, 1.54) is 0 Å². The van der Waals surface area contributed by atoms with Gasteiger partial charge >= 0.3 is 12.1 Å². The minimum atomic E-state index is -0.980. The number of alkyl carbamates (subject to hydrolysis) is 1. The number of ether oxygens (including phenoxy) is 2. The Bertz CT molecular complexity index is 1280. The molecule has 2 aromatic carbocycles. The summed E-state index contributed by atoms with van der Waals surface area (Å²) in [5.41, 5.74) is 7.43. The van der Waals surface area contributed by atoms with E-state index < -0.39 is 23.9 Å². The molecule has 1 heterocycles. The van der Waals surface area contributed by atoms with Gasteiger partial charge < -0.3 is 25.0 Å². The number of halogens is 2. The Morgan fingerprint density at radius 3 is 2.50 bits per heavy atom. The molecule has 3 aromatic rings. The van der Waals surface area contributed by atoms with Crippen molar-refractivity contribution in [2.75, 3.05) is 19.8 Å². The lowest BCUT2D eigenvalue weighted by Crippen LogP contribution is -2.48. The molecule has 0 fully saturated rings. The van der Waals surface area contributed by atoms with E-state index in [9.17, 15) is 14.4 Å². The van der Waals surface area contributed by atoms with Gasteiger partial charge in [0.25, 0.3) is 0 Å². The van der Waals surface area contributed by atoms with Gasteiger partial charge in [-0.1, -0.05) is 46.6 Å². The van der Waals surface area contributed by atoms with Crippen LogP contribution in [-0.2, 0) is 17.6 Å². The number of hydrogen-bond donors (Lipinski definition) is 3. The Balaban J connectivity index is 1.55. The molecule has 0 saturated carbocycles. The Morgan fingerprint density at radius 1 is 1.05 bits per heavy atom. The molecule has 1 atom stereocenters. The molecule has 0 radical (unpaired) electrons. The summed E-state index contributed by atoms with van der Waals surface area (Å²) in [5.74, 6) is 0.203. The van der Waals surface area contributed by atoms with Crippen LogP contribution in [-0.4, -0.2) is 53.8 Å². The molecule has 0 aliphatic rings. The maximum atomic E-state index is 13.0. The summed E-state index contributed by atoms with van der Waals surface area (Å²) in [4.78, 5) is 40.9. The van der Waals surface area contributed by atoms with Gasteiger partial charge in [0.05, 0.1) is 35.7 Å². The van der Waals surface area contributed by atoms with E-state index in [1.54, 1.807) is 13.0 Å². The Labute approximate surface area is 241 Å². The van der Waals surface area contributed by atoms with Crippen LogP contribution < -0.4 is 21.1 Å². The number of nitrogens with one attached hydrogen (secondary N) is 2. The van der Waals surface area contributed by atoms with E-state index in [1.807, 2.05) is 41.7 Å². The predicted octanol–water partition coefficient (Wildman–Crippen LogP) is 4.72. The van der Waals surface area contributed by atoms with Crippen LogP contribution in [0.25, 0.3) is 0 Å². The molecule has 0 aliphatic heterocycles. The number of urea groups is 1. The minimum Gasteiger partial charge on any atom is -0.493 e. The molecule has 3 amide bonds. The lowest BCUT2D eigenvalue weighted by molar-refractivity contribution is 0.0924. The smallest absolute Gasteiger partial charge is 0.415 e. The zero-order chi connectivity index (χ0) is 28.9. The fourth-order valence-corrected chi connectivity index (χ4v) is 3.98. The molecular formula is C27H31Cl2N5O6. The fourth-order valence-electron chi connectivity index (χ4n) is 3.66. The van der Waals surface area contributed by atoms with Crippen molar-refractivity contribution in [2.24, 2.45) is 5.73 Å². The van der Waals surface area contributed by atoms with Crippen LogP contribution in [0.4, 0.5) is 9.59 Å². The van der Waals surface area contributed by atoms with Crippen molar-refractivity contribution < 1.29 is 28.4 Å². The van der Waals surface area contributed by atoms with Crippen molar-refractivity contribution in [3.8, 4) is 5.75 Å². The largest absolute Gasteiger partial charge is 0.493 e. The van der Waals surface area contributed by atoms with E-state index in [0.29, 0.717) is 54.6 Å². The van der Waals surface area contributed by atoms with Crippen LogP contribution in [0.3, 0.4) is 0 Å². The van der Waals surface area contributed by atoms with Crippen molar-refractivity contribution in [1.29, 1.82) is 0 Å². The molecule has 0 bridgehead atoms. The van der Waals surface area contributed by atoms with Gasteiger partial charge in [0.1, 0.15) is 5.75 Å². The van der Waals surface area contributed by atoms with E-state index in [4.69, 9.17) is 38.2 Å². The van der Waals surface area contributed by atoms with E-state index >= 15 is 0 Å². The molecule has 13 heteroatoms. The molecule has 0 spiro atoms. The van der Waals surface area contributed by atoms with Gasteiger partial charge in [0, 0.05) is 6.42 Å². The van der Waals surface area contributed by atoms with Gasteiger partial charge in [-0.15, -0.1) is 0 Å². The second kappa shape index (κ2) is 15.8. The Hall–Kier alpha value is -3.67. The van der Waals surface area contributed by atoms with Gasteiger partial charge in [-0.25, -0.2) is 14.9 Å². The third-order valence-corrected chi connectivity index (χ3v) is 6.41. The second-order valence-electron chi connectivity index (χ2n) is 8.70. The summed E-state index contributed by atoms with van der Waals surface area (Å²) in [6, 6.07) is 11.0. The highest BCUT2D eigenvalue weighted by Gasteiger charge is 2.27. The maximum absolute atomic E-state index is 13.0. The van der Waals surface area contributed by atoms with Gasteiger partial charge in [0.2, 0.25) is 17.5 Å². The van der Waals surface area contributed by atoms with Crippen LogP contribution in [0, 0.1) is 0 Å². The molecule has 40 heavy (non-hydrogen) atoms. The number of Topliss-reactive ketones (excluding diaryl/α,β-unsaturated/α-hetero) is 1. The van der Waals surface area contributed by atoms with Crippen molar-refractivity contribution in [3.63, 3.8) is 0 Å². The Morgan fingerprint density at radius 2 is 1.80 bits per heavy atom. The number of unbranched alkanes of at least 4 members (excludes halogenated alkanes) is 1. The number of carbonyl (C=O) groups is 3. The summed E-state index contributed by atoms with van der Waals surface area (Å²) in [6.07, 6.45) is 1.54. The number of hydrogen-bond acceptors (Lipinski definition) is 9. The van der Waals surface area contributed by atoms with Crippen molar-refractivity contribution in [3.05, 3.63) is 75.4 Å². The normalized spacial score (nSPS) is 11.5. The van der Waals surface area contributed by atoms with Crippen molar-refractivity contribution >= 4 is 41.1 Å². The number of nitrogens with two attached hydrogens (primary N) is 1. The van der Waals surface area contributed by atoms with Gasteiger partial charge in [-0.3, -0.25) is 4.79 Å². The Kier molecular flexibility index (Phi) is 12.2. The zero-order valence-electron chi connectivity index (χ0n) is 22.0. The topological polar surface area (TPSA) is 159 Å². The van der Waals surface area contributed by atoms with Gasteiger partial charge in [-0.05, 0) is 68.1 Å². The monoisotopic (exact) mass is 591 g/mol. The molecule has 1 aromatic heterocycles. The summed E-state index contributed by atoms with van der Waals surface area (Å²) < 4.78 is 15.8. The fraction of sp³-hybridized carbons (Fsp3) is 0.370. The van der Waals surface area contributed by atoms with Crippen molar-refractivity contribution in [1.82, 2.24) is 20.8 Å². The van der Waals surface area contributed by atoms with E-state index in [0.717, 1.165) is 11.1 Å². The van der Waals surface area contributed by atoms with E-state index in [-0.39, 0.29) is 24.7 Å². The first-order valence-electron chi connectivity index (χ1n) is 12.8. The van der Waals surface area contributed by atoms with Gasteiger partial charge in [0.15, 0.2) is 0 Å². The maximum Gasteiger partial charge on any atom is 0.415 e. The summed E-state index contributed by atoms with van der Waals surface area (Å²) in [5, 5.41) is 9.28. The summed E-state index contributed by atoms with van der Waals surface area (Å²) in [7, 11) is 0. The lowest BCUT2D eigenvalue weighted by atomic mass is 10.0. The first-order valence-corrected chi connectivity index (χ1v) is 13.5. The van der Waals surface area contributed by atoms with Crippen LogP contribution >= 0.6 is 23.2 Å². The lowest BCUT2D eigenvalue weighted by Gasteiger charge is -2.16. The number of nitrogens with zero attached hydrogens (tertiary/aromatic N) is 2. The third-order valence-electron chi connectivity index (χ3n) is 5.67. The van der Waals surface area contributed by atoms with Crippen molar-refractivity contribution in [2.45, 2.75) is 45.1 Å². The number of carbonyl (C=O) groups excluding carboxylic acids is 3. The highest BCUT2D eigenvalue weighted by Crippen LogP contribution is 2.23. The highest BCUT2D eigenvalue weighted by molar-refractivity contribution is 6.42. The molecule has 11 nitrogen and oxygen atoms in total. The third kappa shape index (κ3) is 9.82. The molecule has 0 saturated heterocycles. The summed E-state index contributed by atoms with van der Waals surface area (Å²) >= 11 is 12.0. The molecule has 3 rings (SSSR count). The van der Waals surface area contributed by atoms with E-state index in [2.05, 4.69) is 20.2 Å². The average Bonchev–Trinajstić information content (AvgIpc) is 3.39. The zero-order valence-corrected chi connectivity index (χ0v) is 23.5. The molecule has 214 valence electrons. The number of ketones is 1. The molecule has 4 N–H and O–H groups in total. The van der Waals surface area contributed by atoms with Crippen LogP contribution in [0.15, 0.2) is 47.0 Å². The first-order chi connectivity index (χ1) is 19.3. The van der Waals surface area contributed by atoms with Crippen LogP contribution in [0.1, 0.15) is 53.8 Å². The highest BCUT2D eigenvalue weighted by atomic mass is 35.5. The molecule has 0 aliphatic carbocycles. The quantitative estimate of drug-likeness (QED) is 0.178. The number of imide groups is 1. The second-order valence-corrected chi connectivity index (χ2v) is 9.51. The standard InChI is InChI=1S/C27H31Cl2N5O6/c1-2-38-27(37)33-26(36)31-22(5-3-4-13-30)24(35)25-32-23(40-34-25)16-17-6-9-19(10-7-17)39-14-12-18-8-11-20(28)21(29)15-18/h6-11,15,22H,2-5,12-14,16,30H2,1H3,(H2,31,33,36,37). The van der Waals surface area contributed by atoms with Crippen LogP contribution in [0.2, 0.25) is 10.0 Å². The first kappa shape index (κ1) is 30.9. The van der Waals surface area contributed by atoms with Crippen LogP contribution in [0.5, 0.6) is 5.75 Å². The van der Waals surface area contributed by atoms with Gasteiger partial charge in [-0.2, -0.15) is 4.98 Å². The number of rotatable bonds is 14. The number of benzene rings is 2. The predicted molar refractivity (Wildman–Crippen MR) is 149 cm³/mol. The number of aromatic nitrogens is 2.